The van der Waals surface area contributed by atoms with E-state index in [1.54, 1.807) is 0 Å². The zero-order valence-corrected chi connectivity index (χ0v) is 10.9. The van der Waals surface area contributed by atoms with Crippen LogP contribution >= 0.6 is 0 Å². The van der Waals surface area contributed by atoms with E-state index in [1.165, 1.54) is 12.1 Å². The number of benzene rings is 2. The van der Waals surface area contributed by atoms with Crippen molar-refractivity contribution in [3.05, 3.63) is 68.3 Å². The van der Waals surface area contributed by atoms with Crippen LogP contribution in [0.3, 0.4) is 0 Å². The second-order valence-electron chi connectivity index (χ2n) is 4.20. The average molecular weight is 302 g/mol. The Morgan fingerprint density at radius 2 is 1.45 bits per heavy atom. The standard InChI is InChI=1S/C13H9N3O6/c17-12-6-5-10(16(21)22)7-11(12)14-13(18)8-1-3-9(4-2-8)15(19)20/h1-7,17H,(H,14,18)/p-1. The van der Waals surface area contributed by atoms with Crippen LogP contribution < -0.4 is 10.4 Å². The van der Waals surface area contributed by atoms with Gasteiger partial charge in [0.2, 0.25) is 0 Å². The fraction of sp³-hybridized carbons (Fsp3) is 0. The van der Waals surface area contributed by atoms with E-state index in [-0.39, 0.29) is 22.6 Å². The lowest BCUT2D eigenvalue weighted by Gasteiger charge is -2.13. The third kappa shape index (κ3) is 3.15. The molecule has 0 aliphatic heterocycles. The number of nitrogens with one attached hydrogen (secondary N) is 1. The number of nitro groups is 2. The van der Waals surface area contributed by atoms with Gasteiger partial charge in [0.15, 0.2) is 0 Å². The van der Waals surface area contributed by atoms with Crippen LogP contribution in [-0.4, -0.2) is 15.8 Å². The van der Waals surface area contributed by atoms with E-state index in [4.69, 9.17) is 0 Å². The molecule has 1 N–H and O–H groups in total. The average Bonchev–Trinajstić information content (AvgIpc) is 2.49. The van der Waals surface area contributed by atoms with Crippen LogP contribution in [0, 0.1) is 20.2 Å². The molecule has 0 radical (unpaired) electrons. The van der Waals surface area contributed by atoms with E-state index in [0.29, 0.717) is 0 Å². The summed E-state index contributed by atoms with van der Waals surface area (Å²) in [6, 6.07) is 7.67. The number of hydrogen-bond donors (Lipinski definition) is 1. The van der Waals surface area contributed by atoms with E-state index in [1.807, 2.05) is 0 Å². The Hall–Kier alpha value is -3.49. The number of anilines is 1. The topological polar surface area (TPSA) is 138 Å². The first-order valence-electron chi connectivity index (χ1n) is 5.90. The Morgan fingerprint density at radius 3 is 2.00 bits per heavy atom. The fourth-order valence-corrected chi connectivity index (χ4v) is 1.66. The van der Waals surface area contributed by atoms with Gasteiger partial charge in [-0.15, -0.1) is 0 Å². The van der Waals surface area contributed by atoms with Crippen molar-refractivity contribution < 1.29 is 19.7 Å². The summed E-state index contributed by atoms with van der Waals surface area (Å²) >= 11 is 0. The van der Waals surface area contributed by atoms with Crippen LogP contribution in [0.2, 0.25) is 0 Å². The molecular formula is C13H8N3O6-. The van der Waals surface area contributed by atoms with Gasteiger partial charge in [0.1, 0.15) is 0 Å². The Balaban J connectivity index is 2.23. The normalized spacial score (nSPS) is 10.0. The Labute approximate surface area is 123 Å². The van der Waals surface area contributed by atoms with Crippen LogP contribution in [0.25, 0.3) is 0 Å². The van der Waals surface area contributed by atoms with Gasteiger partial charge >= 0.3 is 0 Å². The Kier molecular flexibility index (Phi) is 3.98. The number of rotatable bonds is 4. The number of nitro benzene ring substituents is 2. The molecule has 2 aromatic rings. The Bertz CT molecular complexity index is 757. The van der Waals surface area contributed by atoms with Gasteiger partial charge in [-0.25, -0.2) is 0 Å². The lowest BCUT2D eigenvalue weighted by atomic mass is 10.2. The summed E-state index contributed by atoms with van der Waals surface area (Å²) < 4.78 is 0. The van der Waals surface area contributed by atoms with Crippen molar-refractivity contribution in [3.8, 4) is 5.75 Å². The number of carbonyl (C=O) groups excluding carboxylic acids is 1. The third-order valence-corrected chi connectivity index (χ3v) is 2.76. The minimum atomic E-state index is -0.701. The van der Waals surface area contributed by atoms with Gasteiger partial charge in [0.25, 0.3) is 17.3 Å². The maximum atomic E-state index is 11.9. The van der Waals surface area contributed by atoms with Gasteiger partial charge in [-0.2, -0.15) is 0 Å². The largest absolute Gasteiger partial charge is 0.871 e. The maximum absolute atomic E-state index is 11.9. The summed E-state index contributed by atoms with van der Waals surface area (Å²) in [7, 11) is 0. The van der Waals surface area contributed by atoms with Crippen molar-refractivity contribution in [1.29, 1.82) is 0 Å². The minimum absolute atomic E-state index is 0.0801. The van der Waals surface area contributed by atoms with Crippen LogP contribution in [0.5, 0.6) is 5.75 Å². The number of amides is 1. The maximum Gasteiger partial charge on any atom is 0.271 e. The molecule has 0 bridgehead atoms. The lowest BCUT2D eigenvalue weighted by Crippen LogP contribution is -2.13. The Morgan fingerprint density at radius 1 is 0.909 bits per heavy atom. The highest BCUT2D eigenvalue weighted by Crippen LogP contribution is 2.26. The molecule has 112 valence electrons. The van der Waals surface area contributed by atoms with Gasteiger partial charge in [-0.05, 0) is 12.1 Å². The number of nitrogens with zero attached hydrogens (tertiary/aromatic N) is 2. The van der Waals surface area contributed by atoms with Gasteiger partial charge in [-0.1, -0.05) is 11.8 Å². The molecular weight excluding hydrogens is 294 g/mol. The zero-order valence-electron chi connectivity index (χ0n) is 10.9. The second kappa shape index (κ2) is 5.87. The van der Waals surface area contributed by atoms with Gasteiger partial charge < -0.3 is 10.4 Å². The highest BCUT2D eigenvalue weighted by molar-refractivity contribution is 6.05. The molecule has 0 aromatic heterocycles. The van der Waals surface area contributed by atoms with Crippen molar-refractivity contribution in [2.75, 3.05) is 5.32 Å². The molecule has 1 amide bonds. The zero-order chi connectivity index (χ0) is 16.3. The van der Waals surface area contributed by atoms with E-state index >= 15 is 0 Å². The monoisotopic (exact) mass is 302 g/mol. The fourth-order valence-electron chi connectivity index (χ4n) is 1.66. The molecule has 22 heavy (non-hydrogen) atoms. The molecule has 0 atom stereocenters. The van der Waals surface area contributed by atoms with E-state index in [0.717, 1.165) is 30.3 Å². The third-order valence-electron chi connectivity index (χ3n) is 2.76. The quantitative estimate of drug-likeness (QED) is 0.675. The molecule has 9 heteroatoms. The molecule has 0 aliphatic rings. The molecule has 0 fully saturated rings. The van der Waals surface area contributed by atoms with Gasteiger partial charge in [0, 0.05) is 35.5 Å². The predicted molar refractivity (Wildman–Crippen MR) is 73.6 cm³/mol. The van der Waals surface area contributed by atoms with E-state index < -0.39 is 21.5 Å². The second-order valence-corrected chi connectivity index (χ2v) is 4.20. The summed E-state index contributed by atoms with van der Waals surface area (Å²) in [6.07, 6.45) is 0. The summed E-state index contributed by atoms with van der Waals surface area (Å²) in [5.41, 5.74) is -0.677. The molecule has 9 nitrogen and oxygen atoms in total. The number of hydrogen-bond acceptors (Lipinski definition) is 6. The first-order valence-corrected chi connectivity index (χ1v) is 5.90. The van der Waals surface area contributed by atoms with Crippen LogP contribution in [0.4, 0.5) is 17.1 Å². The molecule has 0 heterocycles. The van der Waals surface area contributed by atoms with Crippen molar-refractivity contribution in [1.82, 2.24) is 0 Å². The molecule has 0 saturated carbocycles. The molecule has 0 spiro atoms. The molecule has 0 aliphatic carbocycles. The van der Waals surface area contributed by atoms with Crippen molar-refractivity contribution >= 4 is 23.0 Å². The van der Waals surface area contributed by atoms with Gasteiger partial charge in [-0.3, -0.25) is 25.0 Å². The SMILES string of the molecule is O=C(Nc1cc([N+](=O)[O-])ccc1[O-])c1ccc([N+](=O)[O-])cc1. The summed E-state index contributed by atoms with van der Waals surface area (Å²) in [4.78, 5) is 31.8. The van der Waals surface area contributed by atoms with Gasteiger partial charge in [0.05, 0.1) is 9.85 Å². The number of carbonyl (C=O) groups is 1. The van der Waals surface area contributed by atoms with Crippen LogP contribution in [-0.2, 0) is 0 Å². The molecule has 2 rings (SSSR count). The lowest BCUT2D eigenvalue weighted by molar-refractivity contribution is -0.385. The van der Waals surface area contributed by atoms with Crippen molar-refractivity contribution in [2.45, 2.75) is 0 Å². The highest BCUT2D eigenvalue weighted by atomic mass is 16.6. The summed E-state index contributed by atoms with van der Waals surface area (Å²) in [6.45, 7) is 0. The summed E-state index contributed by atoms with van der Waals surface area (Å²) in [5, 5.41) is 35.0. The van der Waals surface area contributed by atoms with Crippen LogP contribution in [0.1, 0.15) is 10.4 Å². The minimum Gasteiger partial charge on any atom is -0.871 e. The van der Waals surface area contributed by atoms with E-state index in [9.17, 15) is 30.1 Å². The van der Waals surface area contributed by atoms with Crippen LogP contribution in [0.15, 0.2) is 42.5 Å². The first-order chi connectivity index (χ1) is 10.4. The highest BCUT2D eigenvalue weighted by Gasteiger charge is 2.12. The summed E-state index contributed by atoms with van der Waals surface area (Å²) in [5.74, 6) is -1.28. The van der Waals surface area contributed by atoms with Crippen molar-refractivity contribution in [2.24, 2.45) is 0 Å². The number of non-ortho nitro benzene ring substituents is 2. The van der Waals surface area contributed by atoms with Crippen molar-refractivity contribution in [3.63, 3.8) is 0 Å². The molecule has 0 saturated heterocycles. The molecule has 2 aromatic carbocycles. The predicted octanol–water partition coefficient (Wildman–Crippen LogP) is 1.83. The first kappa shape index (κ1) is 14.9. The molecule has 0 unspecified atom stereocenters. The van der Waals surface area contributed by atoms with E-state index in [2.05, 4.69) is 5.32 Å². The smallest absolute Gasteiger partial charge is 0.271 e.